The van der Waals surface area contributed by atoms with Crippen LogP contribution in [0, 0.1) is 0 Å². The van der Waals surface area contributed by atoms with Gasteiger partial charge in [0.05, 0.1) is 17.8 Å². The standard InChI is InChI=1S/C18H25N3O4/c1-2-3-4-5-17(18(24)25)21(20-10-11-22)16-8-9-19-15-12-13(23)6-7-14(15)16/h6-9,12,17,20,22-23H,2-5,10-11H2,1H3,(H,24,25). The molecule has 0 saturated carbocycles. The highest BCUT2D eigenvalue weighted by Gasteiger charge is 2.27. The first kappa shape index (κ1) is 19.0. The summed E-state index contributed by atoms with van der Waals surface area (Å²) in [5.74, 6) is -0.824. The number of pyridine rings is 1. The molecule has 2 rings (SSSR count). The highest BCUT2D eigenvalue weighted by molar-refractivity contribution is 5.93. The van der Waals surface area contributed by atoms with Gasteiger partial charge in [-0.3, -0.25) is 9.99 Å². The predicted octanol–water partition coefficient (Wildman–Crippen LogP) is 2.28. The summed E-state index contributed by atoms with van der Waals surface area (Å²) >= 11 is 0. The van der Waals surface area contributed by atoms with Gasteiger partial charge >= 0.3 is 5.97 Å². The van der Waals surface area contributed by atoms with Gasteiger partial charge in [0.2, 0.25) is 0 Å². The largest absolute Gasteiger partial charge is 0.508 e. The number of aliphatic carboxylic acids is 1. The van der Waals surface area contributed by atoms with E-state index >= 15 is 0 Å². The molecule has 0 bridgehead atoms. The van der Waals surface area contributed by atoms with Gasteiger partial charge in [-0.25, -0.2) is 10.2 Å². The fourth-order valence-corrected chi connectivity index (χ4v) is 2.82. The van der Waals surface area contributed by atoms with Crippen LogP contribution in [-0.2, 0) is 4.79 Å². The van der Waals surface area contributed by atoms with Gasteiger partial charge in [0.15, 0.2) is 0 Å². The molecule has 25 heavy (non-hydrogen) atoms. The second-order valence-electron chi connectivity index (χ2n) is 5.88. The minimum Gasteiger partial charge on any atom is -0.508 e. The van der Waals surface area contributed by atoms with E-state index in [0.717, 1.165) is 24.6 Å². The van der Waals surface area contributed by atoms with Gasteiger partial charge in [-0.2, -0.15) is 0 Å². The number of carboxylic acid groups (broad SMARTS) is 1. The molecule has 0 aliphatic heterocycles. The molecule has 1 atom stereocenters. The normalized spacial score (nSPS) is 12.2. The summed E-state index contributed by atoms with van der Waals surface area (Å²) in [6.45, 7) is 2.20. The van der Waals surface area contributed by atoms with Crippen LogP contribution in [0.25, 0.3) is 10.9 Å². The first-order chi connectivity index (χ1) is 12.1. The number of hydrazine groups is 1. The monoisotopic (exact) mass is 347 g/mol. The van der Waals surface area contributed by atoms with Crippen molar-refractivity contribution in [1.29, 1.82) is 0 Å². The summed E-state index contributed by atoms with van der Waals surface area (Å²) < 4.78 is 0. The van der Waals surface area contributed by atoms with Crippen molar-refractivity contribution in [3.63, 3.8) is 0 Å². The van der Waals surface area contributed by atoms with E-state index in [1.807, 2.05) is 0 Å². The summed E-state index contributed by atoms with van der Waals surface area (Å²) in [4.78, 5) is 16.1. The summed E-state index contributed by atoms with van der Waals surface area (Å²) in [6, 6.07) is 5.77. The van der Waals surface area contributed by atoms with E-state index in [9.17, 15) is 15.0 Å². The van der Waals surface area contributed by atoms with Crippen molar-refractivity contribution < 1.29 is 20.1 Å². The Balaban J connectivity index is 2.43. The molecular formula is C18H25N3O4. The van der Waals surface area contributed by atoms with Gasteiger partial charge in [0.25, 0.3) is 0 Å². The Hall–Kier alpha value is -2.38. The fourth-order valence-electron chi connectivity index (χ4n) is 2.82. The smallest absolute Gasteiger partial charge is 0.327 e. The highest BCUT2D eigenvalue weighted by atomic mass is 16.4. The molecule has 4 N–H and O–H groups in total. The third-order valence-corrected chi connectivity index (χ3v) is 4.03. The van der Waals surface area contributed by atoms with E-state index in [1.165, 1.54) is 6.07 Å². The quantitative estimate of drug-likeness (QED) is 0.386. The number of aliphatic hydroxyl groups excluding tert-OH is 1. The average Bonchev–Trinajstić information content (AvgIpc) is 2.59. The van der Waals surface area contributed by atoms with Crippen LogP contribution in [0.5, 0.6) is 5.75 Å². The van der Waals surface area contributed by atoms with Crippen molar-refractivity contribution in [2.75, 3.05) is 18.2 Å². The maximum Gasteiger partial charge on any atom is 0.327 e. The molecule has 1 aromatic heterocycles. The van der Waals surface area contributed by atoms with E-state index in [0.29, 0.717) is 17.6 Å². The Kier molecular flexibility index (Phi) is 6.97. The first-order valence-electron chi connectivity index (χ1n) is 8.52. The number of aliphatic hydroxyl groups is 1. The second kappa shape index (κ2) is 9.19. The zero-order chi connectivity index (χ0) is 18.2. The minimum absolute atomic E-state index is 0.102. The molecule has 0 amide bonds. The van der Waals surface area contributed by atoms with Crippen molar-refractivity contribution in [3.05, 3.63) is 30.5 Å². The molecule has 0 aliphatic rings. The second-order valence-corrected chi connectivity index (χ2v) is 5.88. The minimum atomic E-state index is -0.926. The first-order valence-corrected chi connectivity index (χ1v) is 8.52. The van der Waals surface area contributed by atoms with Crippen molar-refractivity contribution in [2.24, 2.45) is 0 Å². The molecule has 0 radical (unpaired) electrons. The van der Waals surface area contributed by atoms with E-state index in [1.54, 1.807) is 29.4 Å². The highest BCUT2D eigenvalue weighted by Crippen LogP contribution is 2.29. The fraction of sp³-hybridized carbons (Fsp3) is 0.444. The van der Waals surface area contributed by atoms with Crippen molar-refractivity contribution in [2.45, 2.75) is 38.6 Å². The van der Waals surface area contributed by atoms with Crippen LogP contribution in [0.4, 0.5) is 5.69 Å². The SMILES string of the molecule is CCCCCC(C(=O)O)N(NCCO)c1ccnc2cc(O)ccc12. The van der Waals surface area contributed by atoms with E-state index in [4.69, 9.17) is 5.11 Å². The molecule has 1 aromatic carbocycles. The number of unbranched alkanes of at least 4 members (excludes halogenated alkanes) is 2. The van der Waals surface area contributed by atoms with Gasteiger partial charge < -0.3 is 15.3 Å². The number of nitrogens with zero attached hydrogens (tertiary/aromatic N) is 2. The van der Waals surface area contributed by atoms with Crippen LogP contribution in [0.3, 0.4) is 0 Å². The number of phenols is 1. The van der Waals surface area contributed by atoms with Crippen molar-refractivity contribution in [3.8, 4) is 5.75 Å². The molecule has 1 heterocycles. The number of hydrogen-bond acceptors (Lipinski definition) is 6. The van der Waals surface area contributed by atoms with Crippen LogP contribution < -0.4 is 10.4 Å². The number of carboxylic acids is 1. The van der Waals surface area contributed by atoms with Crippen LogP contribution in [-0.4, -0.2) is 45.5 Å². The Morgan fingerprint density at radius 2 is 2.12 bits per heavy atom. The lowest BCUT2D eigenvalue weighted by atomic mass is 10.1. The molecule has 0 aliphatic carbocycles. The Morgan fingerprint density at radius 3 is 2.80 bits per heavy atom. The zero-order valence-electron chi connectivity index (χ0n) is 14.4. The number of carbonyl (C=O) groups is 1. The molecule has 0 saturated heterocycles. The van der Waals surface area contributed by atoms with Crippen molar-refractivity contribution >= 4 is 22.6 Å². The van der Waals surface area contributed by atoms with Gasteiger partial charge in [0, 0.05) is 24.2 Å². The molecule has 136 valence electrons. The maximum atomic E-state index is 11.9. The lowest BCUT2D eigenvalue weighted by Gasteiger charge is -2.32. The van der Waals surface area contributed by atoms with E-state index < -0.39 is 12.0 Å². The van der Waals surface area contributed by atoms with Gasteiger partial charge in [-0.05, 0) is 24.6 Å². The van der Waals surface area contributed by atoms with Gasteiger partial charge in [-0.15, -0.1) is 0 Å². The number of benzene rings is 1. The number of anilines is 1. The average molecular weight is 347 g/mol. The summed E-state index contributed by atoms with van der Waals surface area (Å²) in [5, 5.41) is 30.9. The summed E-state index contributed by atoms with van der Waals surface area (Å²) in [5.41, 5.74) is 4.24. The van der Waals surface area contributed by atoms with E-state index in [-0.39, 0.29) is 18.9 Å². The van der Waals surface area contributed by atoms with Crippen LogP contribution in [0.2, 0.25) is 0 Å². The number of hydrogen-bond donors (Lipinski definition) is 4. The number of phenolic OH excluding ortho intramolecular Hbond substituents is 1. The lowest BCUT2D eigenvalue weighted by Crippen LogP contribution is -2.51. The van der Waals surface area contributed by atoms with Crippen LogP contribution >= 0.6 is 0 Å². The molecule has 0 spiro atoms. The molecule has 0 fully saturated rings. The van der Waals surface area contributed by atoms with Crippen molar-refractivity contribution in [1.82, 2.24) is 10.4 Å². The van der Waals surface area contributed by atoms with Crippen LogP contribution in [0.15, 0.2) is 30.5 Å². The lowest BCUT2D eigenvalue weighted by molar-refractivity contribution is -0.139. The number of aromatic nitrogens is 1. The van der Waals surface area contributed by atoms with Crippen LogP contribution in [0.1, 0.15) is 32.6 Å². The van der Waals surface area contributed by atoms with Gasteiger partial charge in [0.1, 0.15) is 11.8 Å². The number of aromatic hydroxyl groups is 1. The molecule has 2 aromatic rings. The third-order valence-electron chi connectivity index (χ3n) is 4.03. The molecule has 7 heteroatoms. The summed E-state index contributed by atoms with van der Waals surface area (Å²) in [7, 11) is 0. The number of fused-ring (bicyclic) bond motifs is 1. The zero-order valence-corrected chi connectivity index (χ0v) is 14.4. The summed E-state index contributed by atoms with van der Waals surface area (Å²) in [6.07, 6.45) is 4.84. The third kappa shape index (κ3) is 4.80. The Morgan fingerprint density at radius 1 is 1.32 bits per heavy atom. The molecule has 7 nitrogen and oxygen atoms in total. The Bertz CT molecular complexity index is 708. The van der Waals surface area contributed by atoms with Gasteiger partial charge in [-0.1, -0.05) is 26.2 Å². The number of nitrogens with one attached hydrogen (secondary N) is 1. The molecular weight excluding hydrogens is 322 g/mol. The topological polar surface area (TPSA) is 106 Å². The molecule has 1 unspecified atom stereocenters. The maximum absolute atomic E-state index is 11.9. The Labute approximate surface area is 146 Å². The predicted molar refractivity (Wildman–Crippen MR) is 96.5 cm³/mol. The van der Waals surface area contributed by atoms with E-state index in [2.05, 4.69) is 17.3 Å². The number of rotatable bonds is 10.